The quantitative estimate of drug-likeness (QED) is 0.234. The van der Waals surface area contributed by atoms with Gasteiger partial charge >= 0.3 is 6.03 Å². The summed E-state index contributed by atoms with van der Waals surface area (Å²) in [5, 5.41) is 0. The molecular weight excluding hydrogens is 488 g/mol. The van der Waals surface area contributed by atoms with E-state index in [2.05, 4.69) is 6.07 Å². The summed E-state index contributed by atoms with van der Waals surface area (Å²) >= 11 is 0. The van der Waals surface area contributed by atoms with Gasteiger partial charge in [-0.2, -0.15) is 0 Å². The number of benzene rings is 4. The number of hydrogen-bond acceptors (Lipinski definition) is 4. The number of aryl methyl sites for hydroxylation is 2. The van der Waals surface area contributed by atoms with E-state index in [4.69, 9.17) is 9.72 Å². The summed E-state index contributed by atoms with van der Waals surface area (Å²) in [7, 11) is 1.94. The Bertz CT molecular complexity index is 1650. The van der Waals surface area contributed by atoms with Gasteiger partial charge in [-0.3, -0.25) is 14.6 Å². The monoisotopic (exact) mass is 516 g/mol. The van der Waals surface area contributed by atoms with Crippen molar-refractivity contribution in [3.05, 3.63) is 120 Å². The molecule has 2 heterocycles. The van der Waals surface area contributed by atoms with Crippen LogP contribution in [-0.2, 0) is 18.3 Å². The minimum atomic E-state index is -0.559. The molecule has 1 aromatic heterocycles. The molecule has 194 valence electrons. The zero-order valence-electron chi connectivity index (χ0n) is 21.8. The van der Waals surface area contributed by atoms with Crippen molar-refractivity contribution in [2.24, 2.45) is 7.05 Å². The van der Waals surface area contributed by atoms with Crippen molar-refractivity contribution < 1.29 is 14.3 Å². The second kappa shape index (κ2) is 10.1. The van der Waals surface area contributed by atoms with Crippen LogP contribution in [0.3, 0.4) is 0 Å². The van der Waals surface area contributed by atoms with Crippen LogP contribution >= 0.6 is 0 Å². The smallest absolute Gasteiger partial charge is 0.332 e. The number of nitrogens with zero attached hydrogens (tertiary/aromatic N) is 4. The summed E-state index contributed by atoms with van der Waals surface area (Å²) in [5.74, 6) is 1.80. The van der Waals surface area contributed by atoms with E-state index in [0.717, 1.165) is 27.9 Å². The highest BCUT2D eigenvalue weighted by molar-refractivity contribution is 6.12. The topological polar surface area (TPSA) is 67.7 Å². The Morgan fingerprint density at radius 2 is 1.51 bits per heavy atom. The fraction of sp³-hybridized carbons (Fsp3) is 0.156. The SMILES string of the molecule is Cc1ccc2nc([C@H](Cc3ccccc3)N3C(=O)CN(c4ccc(Oc5ccccc5)cc4)C3=O)n(C)c2c1. The molecule has 1 aliphatic heterocycles. The maximum absolute atomic E-state index is 13.8. The number of ether oxygens (including phenoxy) is 1. The first kappa shape index (κ1) is 24.4. The molecule has 0 aliphatic carbocycles. The van der Waals surface area contributed by atoms with Crippen molar-refractivity contribution >= 4 is 28.7 Å². The van der Waals surface area contributed by atoms with Crippen LogP contribution in [0.5, 0.6) is 11.5 Å². The zero-order chi connectivity index (χ0) is 26.9. The Hall–Kier alpha value is -4.91. The Morgan fingerprint density at radius 3 is 2.23 bits per heavy atom. The van der Waals surface area contributed by atoms with E-state index in [1.54, 1.807) is 24.3 Å². The van der Waals surface area contributed by atoms with Crippen molar-refractivity contribution in [2.75, 3.05) is 11.4 Å². The Balaban J connectivity index is 1.32. The standard InChI is InChI=1S/C32H28N4O3/c1-22-13-18-27-28(19-22)34(2)31(33-27)29(20-23-9-5-3-6-10-23)36-30(37)21-35(32(36)38)24-14-16-26(17-15-24)39-25-11-7-4-8-12-25/h3-19,29H,20-21H2,1-2H3/t29-/m0/s1. The second-order valence-corrected chi connectivity index (χ2v) is 9.77. The van der Waals surface area contributed by atoms with Gasteiger partial charge in [-0.15, -0.1) is 0 Å². The lowest BCUT2D eigenvalue weighted by atomic mass is 10.0. The highest BCUT2D eigenvalue weighted by Crippen LogP contribution is 2.34. The first-order valence-electron chi connectivity index (χ1n) is 12.9. The first-order chi connectivity index (χ1) is 19.0. The Labute approximate surface area is 226 Å². The summed E-state index contributed by atoms with van der Waals surface area (Å²) in [5.41, 5.74) is 4.58. The van der Waals surface area contributed by atoms with Crippen molar-refractivity contribution in [1.29, 1.82) is 0 Å². The predicted octanol–water partition coefficient (Wildman–Crippen LogP) is 6.43. The van der Waals surface area contributed by atoms with E-state index in [0.29, 0.717) is 23.7 Å². The van der Waals surface area contributed by atoms with Crippen LogP contribution in [0.4, 0.5) is 10.5 Å². The molecular formula is C32H28N4O3. The van der Waals surface area contributed by atoms with Crippen LogP contribution in [0.15, 0.2) is 103 Å². The van der Waals surface area contributed by atoms with Gasteiger partial charge in [0.15, 0.2) is 0 Å². The number of urea groups is 1. The molecule has 5 aromatic rings. The van der Waals surface area contributed by atoms with Gasteiger partial charge in [-0.05, 0) is 66.6 Å². The van der Waals surface area contributed by atoms with Gasteiger partial charge in [0.2, 0.25) is 0 Å². The number of imide groups is 1. The molecule has 7 heteroatoms. The van der Waals surface area contributed by atoms with E-state index in [9.17, 15) is 9.59 Å². The zero-order valence-corrected chi connectivity index (χ0v) is 21.8. The van der Waals surface area contributed by atoms with E-state index in [1.165, 1.54) is 9.80 Å². The predicted molar refractivity (Wildman–Crippen MR) is 151 cm³/mol. The van der Waals surface area contributed by atoms with Gasteiger partial charge in [0, 0.05) is 19.2 Å². The van der Waals surface area contributed by atoms with Crippen molar-refractivity contribution in [2.45, 2.75) is 19.4 Å². The third-order valence-electron chi connectivity index (χ3n) is 7.08. The van der Waals surface area contributed by atoms with E-state index in [-0.39, 0.29) is 18.5 Å². The molecule has 1 saturated heterocycles. The molecule has 0 saturated carbocycles. The average molecular weight is 517 g/mol. The molecule has 1 fully saturated rings. The lowest BCUT2D eigenvalue weighted by Crippen LogP contribution is -2.38. The number of aromatic nitrogens is 2. The maximum atomic E-state index is 13.8. The molecule has 1 atom stereocenters. The molecule has 0 spiro atoms. The molecule has 1 aliphatic rings. The Kier molecular flexibility index (Phi) is 6.32. The minimum Gasteiger partial charge on any atom is -0.457 e. The molecule has 39 heavy (non-hydrogen) atoms. The molecule has 0 N–H and O–H groups in total. The number of carbonyl (C=O) groups excluding carboxylic acids is 2. The molecule has 0 unspecified atom stereocenters. The number of fused-ring (bicyclic) bond motifs is 1. The van der Waals surface area contributed by atoms with E-state index < -0.39 is 6.04 Å². The summed E-state index contributed by atoms with van der Waals surface area (Å²) < 4.78 is 7.88. The third-order valence-corrected chi connectivity index (χ3v) is 7.08. The summed E-state index contributed by atoms with van der Waals surface area (Å²) in [4.78, 5) is 35.1. The third kappa shape index (κ3) is 4.75. The van der Waals surface area contributed by atoms with Crippen LogP contribution in [0.25, 0.3) is 11.0 Å². The van der Waals surface area contributed by atoms with Crippen LogP contribution in [0, 0.1) is 6.92 Å². The van der Waals surface area contributed by atoms with Gasteiger partial charge in [-0.25, -0.2) is 9.78 Å². The number of amides is 3. The molecule has 0 bridgehead atoms. The average Bonchev–Trinajstić information content (AvgIpc) is 3.44. The molecule has 7 nitrogen and oxygen atoms in total. The lowest BCUT2D eigenvalue weighted by molar-refractivity contribution is -0.126. The van der Waals surface area contributed by atoms with E-state index >= 15 is 0 Å². The number of rotatable bonds is 7. The summed E-state index contributed by atoms with van der Waals surface area (Å²) in [6, 6.07) is 31.8. The largest absolute Gasteiger partial charge is 0.457 e. The van der Waals surface area contributed by atoms with Gasteiger partial charge in [-0.1, -0.05) is 54.6 Å². The van der Waals surface area contributed by atoms with Crippen molar-refractivity contribution in [1.82, 2.24) is 14.5 Å². The number of anilines is 1. The first-order valence-corrected chi connectivity index (χ1v) is 12.9. The van der Waals surface area contributed by atoms with E-state index in [1.807, 2.05) is 91.3 Å². The minimum absolute atomic E-state index is 0.0357. The van der Waals surface area contributed by atoms with Crippen molar-refractivity contribution in [3.63, 3.8) is 0 Å². The fourth-order valence-corrected chi connectivity index (χ4v) is 5.10. The lowest BCUT2D eigenvalue weighted by Gasteiger charge is -2.26. The van der Waals surface area contributed by atoms with Crippen LogP contribution < -0.4 is 9.64 Å². The number of hydrogen-bond donors (Lipinski definition) is 0. The van der Waals surface area contributed by atoms with Crippen LogP contribution in [-0.4, -0.2) is 32.9 Å². The highest BCUT2D eigenvalue weighted by atomic mass is 16.5. The van der Waals surface area contributed by atoms with Gasteiger partial charge in [0.25, 0.3) is 5.91 Å². The number of para-hydroxylation sites is 1. The van der Waals surface area contributed by atoms with Gasteiger partial charge < -0.3 is 9.30 Å². The van der Waals surface area contributed by atoms with Gasteiger partial charge in [0.05, 0.1) is 11.0 Å². The summed E-state index contributed by atoms with van der Waals surface area (Å²) in [6.45, 7) is 2.00. The normalized spacial score (nSPS) is 14.3. The molecule has 4 aromatic carbocycles. The Morgan fingerprint density at radius 1 is 0.846 bits per heavy atom. The second-order valence-electron chi connectivity index (χ2n) is 9.77. The van der Waals surface area contributed by atoms with Crippen molar-refractivity contribution in [3.8, 4) is 11.5 Å². The van der Waals surface area contributed by atoms with Crippen LogP contribution in [0.2, 0.25) is 0 Å². The van der Waals surface area contributed by atoms with Gasteiger partial charge in [0.1, 0.15) is 29.9 Å². The highest BCUT2D eigenvalue weighted by Gasteiger charge is 2.43. The number of carbonyl (C=O) groups is 2. The summed E-state index contributed by atoms with van der Waals surface area (Å²) in [6.07, 6.45) is 0.464. The molecule has 3 amide bonds. The number of imidazole rings is 1. The molecule has 0 radical (unpaired) electrons. The fourth-order valence-electron chi connectivity index (χ4n) is 5.10. The molecule has 6 rings (SSSR count). The maximum Gasteiger partial charge on any atom is 0.332 e. The van der Waals surface area contributed by atoms with Crippen LogP contribution in [0.1, 0.15) is 23.0 Å².